The summed E-state index contributed by atoms with van der Waals surface area (Å²) in [6.07, 6.45) is 0.758. The fourth-order valence-electron chi connectivity index (χ4n) is 4.73. The molecule has 7 nitrogen and oxygen atoms in total. The molecule has 0 unspecified atom stereocenters. The van der Waals surface area contributed by atoms with Crippen LogP contribution in [0, 0.1) is 6.92 Å². The normalized spacial score (nSPS) is 17.9. The van der Waals surface area contributed by atoms with Gasteiger partial charge in [0.2, 0.25) is 5.95 Å². The van der Waals surface area contributed by atoms with Gasteiger partial charge < -0.3 is 19.5 Å². The molecule has 0 aliphatic carbocycles. The van der Waals surface area contributed by atoms with Crippen LogP contribution in [0.2, 0.25) is 0 Å². The van der Waals surface area contributed by atoms with Gasteiger partial charge in [-0.2, -0.15) is 18.2 Å². The molecule has 0 radical (unpaired) electrons. The zero-order chi connectivity index (χ0) is 23.7. The van der Waals surface area contributed by atoms with Crippen molar-refractivity contribution >= 4 is 11.8 Å². The maximum Gasteiger partial charge on any atom is 0.416 e. The number of nitrogens with zero attached hydrogens (tertiary/aromatic N) is 5. The van der Waals surface area contributed by atoms with Crippen molar-refractivity contribution in [3.05, 3.63) is 53.7 Å². The monoisotopic (exact) mass is 472 g/mol. The number of morpholine rings is 1. The smallest absolute Gasteiger partial charge is 0.378 e. The summed E-state index contributed by atoms with van der Waals surface area (Å²) in [6, 6.07) is 5.39. The summed E-state index contributed by atoms with van der Waals surface area (Å²) in [7, 11) is 0. The van der Waals surface area contributed by atoms with E-state index in [1.54, 1.807) is 18.6 Å². The first kappa shape index (κ1) is 22.6. The highest BCUT2D eigenvalue weighted by atomic mass is 19.4. The third kappa shape index (κ3) is 4.59. The van der Waals surface area contributed by atoms with Crippen molar-refractivity contribution in [3.63, 3.8) is 0 Å². The Bertz CT molecular complexity index is 1130. The van der Waals surface area contributed by atoms with Crippen LogP contribution in [0.1, 0.15) is 35.7 Å². The van der Waals surface area contributed by atoms with Gasteiger partial charge in [-0.15, -0.1) is 0 Å². The Labute approximate surface area is 196 Å². The minimum absolute atomic E-state index is 0.347. The number of piperidine rings is 1. The summed E-state index contributed by atoms with van der Waals surface area (Å²) in [5.41, 5.74) is 2.57. The standard InChI is InChI=1S/C24H27F3N6O/c1-16-21(30-15-29-16)17-5-7-32(8-6-17)22-20(18-3-2-4-19(13-18)24(25,26)27)14-28-23(31-22)33-9-11-34-12-10-33/h2-4,13-15,17H,5-12H2,1H3,(H,29,30). The molecular weight excluding hydrogens is 445 g/mol. The van der Waals surface area contributed by atoms with E-state index in [1.807, 2.05) is 6.92 Å². The number of aromatic nitrogens is 4. The third-order valence-corrected chi connectivity index (χ3v) is 6.60. The molecule has 3 aromatic rings. The largest absolute Gasteiger partial charge is 0.416 e. The molecule has 2 saturated heterocycles. The van der Waals surface area contributed by atoms with Crippen molar-refractivity contribution < 1.29 is 17.9 Å². The molecule has 10 heteroatoms. The molecule has 0 bridgehead atoms. The highest BCUT2D eigenvalue weighted by molar-refractivity contribution is 5.76. The fourth-order valence-corrected chi connectivity index (χ4v) is 4.73. The van der Waals surface area contributed by atoms with Crippen LogP contribution in [0.5, 0.6) is 0 Å². The molecular formula is C24H27F3N6O. The van der Waals surface area contributed by atoms with E-state index in [1.165, 1.54) is 12.1 Å². The molecule has 1 N–H and O–H groups in total. The predicted octanol–water partition coefficient (Wildman–Crippen LogP) is 4.41. The van der Waals surface area contributed by atoms with Gasteiger partial charge in [-0.25, -0.2) is 9.97 Å². The first-order valence-electron chi connectivity index (χ1n) is 11.5. The van der Waals surface area contributed by atoms with Gasteiger partial charge in [0.1, 0.15) is 5.82 Å². The summed E-state index contributed by atoms with van der Waals surface area (Å²) in [6.45, 7) is 6.07. The number of alkyl halides is 3. The lowest BCUT2D eigenvalue weighted by Crippen LogP contribution is -2.38. The highest BCUT2D eigenvalue weighted by Gasteiger charge is 2.31. The second kappa shape index (κ2) is 9.25. The number of rotatable bonds is 4. The fraction of sp³-hybridized carbons (Fsp3) is 0.458. The molecule has 2 aliphatic rings. The predicted molar refractivity (Wildman–Crippen MR) is 123 cm³/mol. The zero-order valence-electron chi connectivity index (χ0n) is 19.0. The first-order valence-corrected chi connectivity index (χ1v) is 11.5. The van der Waals surface area contributed by atoms with E-state index in [9.17, 15) is 13.2 Å². The van der Waals surface area contributed by atoms with Crippen molar-refractivity contribution in [1.82, 2.24) is 19.9 Å². The highest BCUT2D eigenvalue weighted by Crippen LogP contribution is 2.38. The van der Waals surface area contributed by atoms with Crippen LogP contribution in [0.15, 0.2) is 36.8 Å². The molecule has 2 fully saturated rings. The van der Waals surface area contributed by atoms with Gasteiger partial charge >= 0.3 is 6.18 Å². The number of benzene rings is 1. The van der Waals surface area contributed by atoms with Crippen molar-refractivity contribution in [1.29, 1.82) is 0 Å². The van der Waals surface area contributed by atoms with Gasteiger partial charge in [-0.3, -0.25) is 0 Å². The van der Waals surface area contributed by atoms with Crippen molar-refractivity contribution in [2.75, 3.05) is 49.2 Å². The summed E-state index contributed by atoms with van der Waals surface area (Å²) in [5, 5.41) is 0. The molecule has 180 valence electrons. The molecule has 0 spiro atoms. The van der Waals surface area contributed by atoms with Gasteiger partial charge in [0.15, 0.2) is 0 Å². The van der Waals surface area contributed by atoms with E-state index >= 15 is 0 Å². The Hall–Kier alpha value is -3.14. The maximum atomic E-state index is 13.4. The summed E-state index contributed by atoms with van der Waals surface area (Å²) in [5.74, 6) is 1.60. The lowest BCUT2D eigenvalue weighted by atomic mass is 9.92. The topological polar surface area (TPSA) is 70.2 Å². The Morgan fingerprint density at radius 3 is 2.47 bits per heavy atom. The van der Waals surface area contributed by atoms with E-state index < -0.39 is 11.7 Å². The molecule has 2 aliphatic heterocycles. The molecule has 0 amide bonds. The number of aromatic amines is 1. The zero-order valence-corrected chi connectivity index (χ0v) is 19.0. The number of hydrogen-bond acceptors (Lipinski definition) is 6. The first-order chi connectivity index (χ1) is 16.4. The Morgan fingerprint density at radius 2 is 1.79 bits per heavy atom. The van der Waals surface area contributed by atoms with Crippen LogP contribution in [-0.2, 0) is 10.9 Å². The number of ether oxygens (including phenoxy) is 1. The molecule has 0 atom stereocenters. The van der Waals surface area contributed by atoms with Gasteiger partial charge in [0, 0.05) is 49.6 Å². The van der Waals surface area contributed by atoms with E-state index in [-0.39, 0.29) is 0 Å². The third-order valence-electron chi connectivity index (χ3n) is 6.60. The van der Waals surface area contributed by atoms with Gasteiger partial charge in [0.25, 0.3) is 0 Å². The molecule has 2 aromatic heterocycles. The van der Waals surface area contributed by atoms with Gasteiger partial charge in [-0.05, 0) is 37.5 Å². The Kier molecular flexibility index (Phi) is 6.16. The molecule has 0 saturated carbocycles. The molecule has 1 aromatic carbocycles. The van der Waals surface area contributed by atoms with Crippen LogP contribution in [0.3, 0.4) is 0 Å². The number of halogens is 3. The van der Waals surface area contributed by atoms with E-state index in [0.29, 0.717) is 55.1 Å². The average molecular weight is 473 g/mol. The number of nitrogens with one attached hydrogen (secondary N) is 1. The van der Waals surface area contributed by atoms with Crippen LogP contribution in [0.25, 0.3) is 11.1 Å². The number of imidazole rings is 1. The number of H-pyrrole nitrogens is 1. The molecule has 34 heavy (non-hydrogen) atoms. The van der Waals surface area contributed by atoms with Crippen molar-refractivity contribution in [3.8, 4) is 11.1 Å². The summed E-state index contributed by atoms with van der Waals surface area (Å²) < 4.78 is 45.6. The number of aryl methyl sites for hydroxylation is 1. The lowest BCUT2D eigenvalue weighted by Gasteiger charge is -2.34. The van der Waals surface area contributed by atoms with Crippen LogP contribution < -0.4 is 9.80 Å². The Morgan fingerprint density at radius 1 is 1.03 bits per heavy atom. The van der Waals surface area contributed by atoms with Crippen LogP contribution in [0.4, 0.5) is 24.9 Å². The quantitative estimate of drug-likeness (QED) is 0.607. The Balaban J connectivity index is 1.48. The minimum Gasteiger partial charge on any atom is -0.378 e. The summed E-state index contributed by atoms with van der Waals surface area (Å²) >= 11 is 0. The molecule has 4 heterocycles. The average Bonchev–Trinajstić information content (AvgIpc) is 3.30. The lowest BCUT2D eigenvalue weighted by molar-refractivity contribution is -0.137. The van der Waals surface area contributed by atoms with Gasteiger partial charge in [-0.1, -0.05) is 12.1 Å². The second-order valence-electron chi connectivity index (χ2n) is 8.76. The van der Waals surface area contributed by atoms with Crippen LogP contribution in [-0.4, -0.2) is 59.3 Å². The van der Waals surface area contributed by atoms with E-state index in [2.05, 4.69) is 24.8 Å². The van der Waals surface area contributed by atoms with E-state index in [4.69, 9.17) is 9.72 Å². The minimum atomic E-state index is -4.41. The summed E-state index contributed by atoms with van der Waals surface area (Å²) in [4.78, 5) is 21.3. The van der Waals surface area contributed by atoms with Gasteiger partial charge in [0.05, 0.1) is 30.8 Å². The molecule has 5 rings (SSSR count). The van der Waals surface area contributed by atoms with E-state index in [0.717, 1.165) is 43.4 Å². The van der Waals surface area contributed by atoms with Crippen molar-refractivity contribution in [2.24, 2.45) is 0 Å². The second-order valence-corrected chi connectivity index (χ2v) is 8.76. The van der Waals surface area contributed by atoms with Crippen LogP contribution >= 0.6 is 0 Å². The SMILES string of the molecule is Cc1[nH]cnc1C1CCN(c2nc(N3CCOCC3)ncc2-c2cccc(C(F)(F)F)c2)CC1. The maximum absolute atomic E-state index is 13.4. The van der Waals surface area contributed by atoms with Crippen molar-refractivity contribution in [2.45, 2.75) is 31.9 Å². The number of anilines is 2. The number of hydrogen-bond donors (Lipinski definition) is 1.